The zero-order chi connectivity index (χ0) is 14.3. The smallest absolute Gasteiger partial charge is 0.333 e. The highest BCUT2D eigenvalue weighted by atomic mass is 16.6. The second-order valence-electron chi connectivity index (χ2n) is 5.17. The molecule has 1 heterocycles. The monoisotopic (exact) mass is 272 g/mol. The van der Waals surface area contributed by atoms with Crippen molar-refractivity contribution in [2.45, 2.75) is 25.3 Å². The highest BCUT2D eigenvalue weighted by molar-refractivity contribution is 5.61. The van der Waals surface area contributed by atoms with Crippen LogP contribution < -0.4 is 5.32 Å². The van der Waals surface area contributed by atoms with Crippen LogP contribution in [0.3, 0.4) is 0 Å². The maximum absolute atomic E-state index is 11.1. The van der Waals surface area contributed by atoms with E-state index >= 15 is 0 Å². The van der Waals surface area contributed by atoms with Gasteiger partial charge >= 0.3 is 5.69 Å². The van der Waals surface area contributed by atoms with Crippen molar-refractivity contribution < 1.29 is 4.92 Å². The molecule has 2 aromatic rings. The van der Waals surface area contributed by atoms with Crippen LogP contribution in [0.2, 0.25) is 0 Å². The summed E-state index contributed by atoms with van der Waals surface area (Å²) in [6, 6.07) is 10.4. The minimum atomic E-state index is -0.370. The van der Waals surface area contributed by atoms with E-state index in [0.29, 0.717) is 17.4 Å². The molecule has 3 rings (SSSR count). The number of aromatic nitrogens is 2. The Bertz CT molecular complexity index is 651. The van der Waals surface area contributed by atoms with Crippen LogP contribution in [-0.4, -0.2) is 20.7 Å². The van der Waals surface area contributed by atoms with Gasteiger partial charge in [-0.25, -0.2) is 4.68 Å². The lowest BCUT2D eigenvalue weighted by Crippen LogP contribution is -2.10. The van der Waals surface area contributed by atoms with Crippen molar-refractivity contribution in [3.8, 4) is 0 Å². The fourth-order valence-corrected chi connectivity index (χ4v) is 2.63. The van der Waals surface area contributed by atoms with Crippen molar-refractivity contribution in [1.29, 1.82) is 0 Å². The first-order valence-corrected chi connectivity index (χ1v) is 6.57. The van der Waals surface area contributed by atoms with Crippen molar-refractivity contribution in [3.05, 3.63) is 51.7 Å². The van der Waals surface area contributed by atoms with Crippen LogP contribution in [0.25, 0.3) is 0 Å². The molecule has 0 aliphatic heterocycles. The summed E-state index contributed by atoms with van der Waals surface area (Å²) >= 11 is 0. The second-order valence-corrected chi connectivity index (χ2v) is 5.17. The Balaban J connectivity index is 1.79. The third kappa shape index (κ3) is 2.13. The third-order valence-corrected chi connectivity index (χ3v) is 3.71. The summed E-state index contributed by atoms with van der Waals surface area (Å²) in [6.07, 6.45) is 0.991. The highest BCUT2D eigenvalue weighted by Crippen LogP contribution is 2.44. The molecule has 1 aliphatic rings. The van der Waals surface area contributed by atoms with E-state index < -0.39 is 0 Å². The summed E-state index contributed by atoms with van der Waals surface area (Å²) in [7, 11) is 1.72. The van der Waals surface area contributed by atoms with Crippen molar-refractivity contribution in [2.24, 2.45) is 7.05 Å². The van der Waals surface area contributed by atoms with Gasteiger partial charge in [0.05, 0.1) is 4.92 Å². The van der Waals surface area contributed by atoms with Crippen LogP contribution in [0.15, 0.2) is 30.3 Å². The fourth-order valence-electron chi connectivity index (χ4n) is 2.63. The third-order valence-electron chi connectivity index (χ3n) is 3.71. The van der Waals surface area contributed by atoms with E-state index in [0.717, 1.165) is 6.42 Å². The van der Waals surface area contributed by atoms with Crippen LogP contribution in [0.4, 0.5) is 11.5 Å². The maximum atomic E-state index is 11.1. The lowest BCUT2D eigenvalue weighted by atomic mass is 10.1. The van der Waals surface area contributed by atoms with E-state index in [1.54, 1.807) is 18.7 Å². The van der Waals surface area contributed by atoms with Crippen LogP contribution in [-0.2, 0) is 7.05 Å². The molecule has 1 fully saturated rings. The molecule has 0 unspecified atom stereocenters. The fraction of sp³-hybridized carbons (Fsp3) is 0.357. The van der Waals surface area contributed by atoms with Crippen LogP contribution >= 0.6 is 0 Å². The molecule has 0 bridgehead atoms. The van der Waals surface area contributed by atoms with Crippen molar-refractivity contribution >= 4 is 11.5 Å². The van der Waals surface area contributed by atoms with Crippen LogP contribution in [0.5, 0.6) is 0 Å². The number of aryl methyl sites for hydroxylation is 2. The van der Waals surface area contributed by atoms with Gasteiger partial charge in [0.25, 0.3) is 0 Å². The maximum Gasteiger partial charge on any atom is 0.333 e. The number of rotatable bonds is 4. The van der Waals surface area contributed by atoms with Crippen molar-refractivity contribution in [3.63, 3.8) is 0 Å². The van der Waals surface area contributed by atoms with E-state index in [9.17, 15) is 10.1 Å². The van der Waals surface area contributed by atoms with E-state index in [-0.39, 0.29) is 16.7 Å². The summed E-state index contributed by atoms with van der Waals surface area (Å²) < 4.78 is 1.55. The molecule has 1 aromatic carbocycles. The average Bonchev–Trinajstić information content (AvgIpc) is 3.11. The van der Waals surface area contributed by atoms with Gasteiger partial charge < -0.3 is 5.32 Å². The van der Waals surface area contributed by atoms with Gasteiger partial charge in [-0.05, 0) is 18.9 Å². The van der Waals surface area contributed by atoms with E-state index in [2.05, 4.69) is 22.5 Å². The number of nitrogens with one attached hydrogen (secondary N) is 1. The molecule has 0 amide bonds. The van der Waals surface area contributed by atoms with Gasteiger partial charge in [0.2, 0.25) is 5.82 Å². The largest absolute Gasteiger partial charge is 0.361 e. The summed E-state index contributed by atoms with van der Waals surface area (Å²) in [4.78, 5) is 10.8. The molecular formula is C14H16N4O2. The van der Waals surface area contributed by atoms with Crippen LogP contribution in [0, 0.1) is 17.0 Å². The molecule has 1 aliphatic carbocycles. The number of hydrogen-bond donors (Lipinski definition) is 1. The van der Waals surface area contributed by atoms with Gasteiger partial charge in [-0.3, -0.25) is 10.1 Å². The Morgan fingerprint density at radius 2 is 2.10 bits per heavy atom. The Labute approximate surface area is 116 Å². The van der Waals surface area contributed by atoms with Gasteiger partial charge in [-0.2, -0.15) is 5.10 Å². The molecule has 1 saturated carbocycles. The number of anilines is 1. The predicted molar refractivity (Wildman–Crippen MR) is 75.8 cm³/mol. The van der Waals surface area contributed by atoms with Crippen molar-refractivity contribution in [2.75, 3.05) is 5.32 Å². The second kappa shape index (κ2) is 4.63. The summed E-state index contributed by atoms with van der Waals surface area (Å²) in [5.74, 6) is 0.918. The molecule has 1 aromatic heterocycles. The number of benzene rings is 1. The molecule has 1 N–H and O–H groups in total. The Kier molecular flexibility index (Phi) is 2.93. The quantitative estimate of drug-likeness (QED) is 0.686. The molecule has 6 nitrogen and oxygen atoms in total. The Morgan fingerprint density at radius 1 is 1.40 bits per heavy atom. The zero-order valence-corrected chi connectivity index (χ0v) is 11.4. The van der Waals surface area contributed by atoms with Gasteiger partial charge in [0.1, 0.15) is 5.69 Å². The van der Waals surface area contributed by atoms with Gasteiger partial charge in [-0.15, -0.1) is 0 Å². The summed E-state index contributed by atoms with van der Waals surface area (Å²) in [5.41, 5.74) is 1.79. The minimum absolute atomic E-state index is 0.0752. The number of nitro groups is 1. The van der Waals surface area contributed by atoms with E-state index in [1.807, 2.05) is 18.2 Å². The van der Waals surface area contributed by atoms with Crippen LogP contribution in [0.1, 0.15) is 23.6 Å². The molecular weight excluding hydrogens is 256 g/mol. The van der Waals surface area contributed by atoms with Gasteiger partial charge in [0.15, 0.2) is 0 Å². The van der Waals surface area contributed by atoms with Gasteiger partial charge in [0, 0.05) is 19.0 Å². The number of hydrogen-bond acceptors (Lipinski definition) is 4. The van der Waals surface area contributed by atoms with E-state index in [4.69, 9.17) is 0 Å². The summed E-state index contributed by atoms with van der Waals surface area (Å²) in [5, 5.41) is 18.5. The minimum Gasteiger partial charge on any atom is -0.361 e. The normalized spacial score (nSPS) is 20.7. The molecule has 0 radical (unpaired) electrons. The van der Waals surface area contributed by atoms with Gasteiger partial charge in [-0.1, -0.05) is 30.3 Å². The Hall–Kier alpha value is -2.37. The molecule has 0 spiro atoms. The zero-order valence-electron chi connectivity index (χ0n) is 11.4. The lowest BCUT2D eigenvalue weighted by molar-refractivity contribution is -0.384. The first-order valence-electron chi connectivity index (χ1n) is 6.57. The Morgan fingerprint density at radius 3 is 2.75 bits per heavy atom. The first kappa shape index (κ1) is 12.7. The predicted octanol–water partition coefficient (Wildman–Crippen LogP) is 2.60. The topological polar surface area (TPSA) is 73.0 Å². The molecule has 6 heteroatoms. The van der Waals surface area contributed by atoms with E-state index in [1.165, 1.54) is 5.56 Å². The molecule has 0 saturated heterocycles. The number of nitrogens with zero attached hydrogens (tertiary/aromatic N) is 3. The molecule has 2 atom stereocenters. The highest BCUT2D eigenvalue weighted by Gasteiger charge is 2.40. The standard InChI is InChI=1S/C14H16N4O2/c1-9-13(18(19)20)14(17(2)16-9)15-12-8-11(12)10-6-4-3-5-7-10/h3-7,11-12,15H,8H2,1-2H3/t11-,12-/m0/s1. The SMILES string of the molecule is Cc1nn(C)c(N[C@H]2C[C@H]2c2ccccc2)c1[N+](=O)[O-]. The summed E-state index contributed by atoms with van der Waals surface area (Å²) in [6.45, 7) is 1.66. The molecule has 104 valence electrons. The average molecular weight is 272 g/mol. The first-order chi connectivity index (χ1) is 9.58. The van der Waals surface area contributed by atoms with Crippen molar-refractivity contribution in [1.82, 2.24) is 9.78 Å². The molecule has 20 heavy (non-hydrogen) atoms. The lowest BCUT2D eigenvalue weighted by Gasteiger charge is -2.05.